The van der Waals surface area contributed by atoms with Crippen molar-refractivity contribution in [2.45, 2.75) is 32.9 Å². The number of anilines is 1. The van der Waals surface area contributed by atoms with Crippen LogP contribution in [0.1, 0.15) is 31.1 Å². The van der Waals surface area contributed by atoms with E-state index in [4.69, 9.17) is 0 Å². The van der Waals surface area contributed by atoms with Gasteiger partial charge in [-0.2, -0.15) is 0 Å². The van der Waals surface area contributed by atoms with Gasteiger partial charge >= 0.3 is 6.03 Å². The van der Waals surface area contributed by atoms with Gasteiger partial charge in [-0.3, -0.25) is 9.69 Å². The number of carbonyl (C=O) groups is 2. The molecule has 0 aromatic heterocycles. The van der Waals surface area contributed by atoms with E-state index in [1.807, 2.05) is 13.8 Å². The molecule has 1 aromatic carbocycles. The lowest BCUT2D eigenvalue weighted by molar-refractivity contribution is 0.0903. The number of nitrogens with zero attached hydrogens (tertiary/aromatic N) is 2. The molecule has 2 rings (SSSR count). The van der Waals surface area contributed by atoms with E-state index in [1.54, 1.807) is 24.3 Å². The standard InChI is InChI=1S/C19H31N5O2/c1-14(2)21-19(26)22-17-7-5-6-16(12-17)18(25)20-13-15(3)24-10-8-23(4)9-11-24/h5-7,12,14-15H,8-11,13H2,1-4H3,(H,20,25)(H2,21,22,26). The number of likely N-dealkylation sites (N-methyl/N-ethyl adjacent to an activating group) is 1. The average molecular weight is 361 g/mol. The summed E-state index contributed by atoms with van der Waals surface area (Å²) >= 11 is 0. The molecule has 1 fully saturated rings. The normalized spacial score (nSPS) is 17.0. The predicted octanol–water partition coefficient (Wildman–Crippen LogP) is 1.58. The van der Waals surface area contributed by atoms with E-state index < -0.39 is 0 Å². The Morgan fingerprint density at radius 1 is 1.12 bits per heavy atom. The van der Waals surface area contributed by atoms with E-state index in [0.29, 0.717) is 23.8 Å². The smallest absolute Gasteiger partial charge is 0.319 e. The zero-order chi connectivity index (χ0) is 19.1. The molecule has 0 spiro atoms. The Morgan fingerprint density at radius 2 is 1.81 bits per heavy atom. The summed E-state index contributed by atoms with van der Waals surface area (Å²) in [5.74, 6) is -0.126. The maximum atomic E-state index is 12.4. The molecule has 0 aliphatic carbocycles. The fraction of sp³-hybridized carbons (Fsp3) is 0.579. The van der Waals surface area contributed by atoms with Crippen LogP contribution >= 0.6 is 0 Å². The fourth-order valence-electron chi connectivity index (χ4n) is 2.90. The quantitative estimate of drug-likeness (QED) is 0.719. The number of nitrogens with one attached hydrogen (secondary N) is 3. The number of carbonyl (C=O) groups excluding carboxylic acids is 2. The number of piperazine rings is 1. The summed E-state index contributed by atoms with van der Waals surface area (Å²) in [7, 11) is 2.13. The molecule has 1 atom stereocenters. The zero-order valence-corrected chi connectivity index (χ0v) is 16.2. The first-order valence-corrected chi connectivity index (χ1v) is 9.23. The number of urea groups is 1. The SMILES string of the molecule is CC(C)NC(=O)Nc1cccc(C(=O)NCC(C)N2CCN(C)CC2)c1. The van der Waals surface area contributed by atoms with Crippen LogP contribution in [0.5, 0.6) is 0 Å². The van der Waals surface area contributed by atoms with Gasteiger partial charge in [0.25, 0.3) is 5.91 Å². The second-order valence-electron chi connectivity index (χ2n) is 7.23. The minimum atomic E-state index is -0.277. The van der Waals surface area contributed by atoms with Crippen molar-refractivity contribution >= 4 is 17.6 Å². The van der Waals surface area contributed by atoms with Crippen molar-refractivity contribution in [3.63, 3.8) is 0 Å². The Morgan fingerprint density at radius 3 is 2.46 bits per heavy atom. The lowest BCUT2D eigenvalue weighted by Crippen LogP contribution is -2.51. The third-order valence-corrected chi connectivity index (χ3v) is 4.52. The number of hydrogen-bond donors (Lipinski definition) is 3. The van der Waals surface area contributed by atoms with Crippen molar-refractivity contribution in [2.24, 2.45) is 0 Å². The van der Waals surface area contributed by atoms with Crippen LogP contribution in [-0.4, -0.2) is 73.6 Å². The second-order valence-corrected chi connectivity index (χ2v) is 7.23. The summed E-state index contributed by atoms with van der Waals surface area (Å²) in [6.45, 7) is 10.7. The topological polar surface area (TPSA) is 76.7 Å². The molecule has 1 aliphatic heterocycles. The van der Waals surface area contributed by atoms with Gasteiger partial charge in [0.2, 0.25) is 0 Å². The first-order chi connectivity index (χ1) is 12.3. The lowest BCUT2D eigenvalue weighted by Gasteiger charge is -2.36. The molecular weight excluding hydrogens is 330 g/mol. The molecule has 0 bridgehead atoms. The molecule has 7 nitrogen and oxygen atoms in total. The van der Waals surface area contributed by atoms with Crippen LogP contribution in [-0.2, 0) is 0 Å². The molecule has 1 saturated heterocycles. The largest absolute Gasteiger partial charge is 0.350 e. The highest BCUT2D eigenvalue weighted by atomic mass is 16.2. The first-order valence-electron chi connectivity index (χ1n) is 9.23. The molecular formula is C19H31N5O2. The van der Waals surface area contributed by atoms with Crippen molar-refractivity contribution in [3.8, 4) is 0 Å². The molecule has 0 saturated carbocycles. The van der Waals surface area contributed by atoms with Gasteiger partial charge in [0.15, 0.2) is 0 Å². The molecule has 1 heterocycles. The maximum absolute atomic E-state index is 12.4. The third kappa shape index (κ3) is 6.31. The highest BCUT2D eigenvalue weighted by Crippen LogP contribution is 2.11. The Kier molecular flexibility index (Phi) is 7.41. The highest BCUT2D eigenvalue weighted by Gasteiger charge is 2.19. The Hall–Kier alpha value is -2.12. The van der Waals surface area contributed by atoms with Gasteiger partial charge in [-0.15, -0.1) is 0 Å². The Labute approximate surface area is 156 Å². The number of hydrogen-bond acceptors (Lipinski definition) is 4. The summed E-state index contributed by atoms with van der Waals surface area (Å²) in [4.78, 5) is 28.9. The van der Waals surface area contributed by atoms with Crippen molar-refractivity contribution in [3.05, 3.63) is 29.8 Å². The van der Waals surface area contributed by atoms with Crippen LogP contribution < -0.4 is 16.0 Å². The summed E-state index contributed by atoms with van der Waals surface area (Å²) < 4.78 is 0. The molecule has 1 aromatic rings. The minimum Gasteiger partial charge on any atom is -0.350 e. The number of rotatable bonds is 6. The van der Waals surface area contributed by atoms with Crippen LogP contribution in [0.15, 0.2) is 24.3 Å². The molecule has 26 heavy (non-hydrogen) atoms. The number of benzene rings is 1. The van der Waals surface area contributed by atoms with Crippen molar-refractivity contribution in [2.75, 3.05) is 45.1 Å². The van der Waals surface area contributed by atoms with Crippen LogP contribution in [0.3, 0.4) is 0 Å². The highest BCUT2D eigenvalue weighted by molar-refractivity contribution is 5.96. The number of amides is 3. The van der Waals surface area contributed by atoms with Gasteiger partial charge in [0.1, 0.15) is 0 Å². The molecule has 144 valence electrons. The molecule has 3 amide bonds. The van der Waals surface area contributed by atoms with E-state index in [2.05, 4.69) is 39.7 Å². The van der Waals surface area contributed by atoms with Crippen LogP contribution in [0.4, 0.5) is 10.5 Å². The molecule has 0 radical (unpaired) electrons. The summed E-state index contributed by atoms with van der Waals surface area (Å²) in [5, 5.41) is 8.50. The Bertz CT molecular complexity index is 612. The van der Waals surface area contributed by atoms with E-state index in [9.17, 15) is 9.59 Å². The first kappa shape index (κ1) is 20.2. The van der Waals surface area contributed by atoms with Gasteiger partial charge in [-0.25, -0.2) is 4.79 Å². The lowest BCUT2D eigenvalue weighted by atomic mass is 10.1. The van der Waals surface area contributed by atoms with Crippen LogP contribution in [0.2, 0.25) is 0 Å². The molecule has 7 heteroatoms. The van der Waals surface area contributed by atoms with Crippen LogP contribution in [0.25, 0.3) is 0 Å². The van der Waals surface area contributed by atoms with Crippen LogP contribution in [0, 0.1) is 0 Å². The van der Waals surface area contributed by atoms with Crippen molar-refractivity contribution in [1.29, 1.82) is 0 Å². The maximum Gasteiger partial charge on any atom is 0.319 e. The average Bonchev–Trinajstić information content (AvgIpc) is 2.59. The Balaban J connectivity index is 1.85. The zero-order valence-electron chi connectivity index (χ0n) is 16.2. The molecule has 1 aliphatic rings. The van der Waals surface area contributed by atoms with Gasteiger partial charge in [0, 0.05) is 56.1 Å². The van der Waals surface area contributed by atoms with E-state index in [0.717, 1.165) is 26.2 Å². The van der Waals surface area contributed by atoms with Crippen molar-refractivity contribution in [1.82, 2.24) is 20.4 Å². The van der Waals surface area contributed by atoms with Gasteiger partial charge < -0.3 is 20.9 Å². The minimum absolute atomic E-state index is 0.0533. The van der Waals surface area contributed by atoms with E-state index in [1.165, 1.54) is 0 Å². The monoisotopic (exact) mass is 361 g/mol. The fourth-order valence-corrected chi connectivity index (χ4v) is 2.90. The third-order valence-electron chi connectivity index (χ3n) is 4.52. The van der Waals surface area contributed by atoms with Gasteiger partial charge in [-0.1, -0.05) is 6.07 Å². The predicted molar refractivity (Wildman–Crippen MR) is 105 cm³/mol. The summed E-state index contributed by atoms with van der Waals surface area (Å²) in [6, 6.07) is 7.05. The molecule has 1 unspecified atom stereocenters. The summed E-state index contributed by atoms with van der Waals surface area (Å²) in [6.07, 6.45) is 0. The van der Waals surface area contributed by atoms with Gasteiger partial charge in [0.05, 0.1) is 0 Å². The second kappa shape index (κ2) is 9.54. The van der Waals surface area contributed by atoms with E-state index in [-0.39, 0.29) is 18.0 Å². The summed E-state index contributed by atoms with van der Waals surface area (Å²) in [5.41, 5.74) is 1.14. The molecule has 3 N–H and O–H groups in total. The van der Waals surface area contributed by atoms with Crippen molar-refractivity contribution < 1.29 is 9.59 Å². The van der Waals surface area contributed by atoms with E-state index >= 15 is 0 Å². The van der Waals surface area contributed by atoms with Gasteiger partial charge in [-0.05, 0) is 46.0 Å².